The lowest BCUT2D eigenvalue weighted by atomic mass is 9.69. The molecule has 1 aliphatic carbocycles. The Kier molecular flexibility index (Phi) is 5.39. The minimum absolute atomic E-state index is 0.0214. The monoisotopic (exact) mass is 422 g/mol. The zero-order chi connectivity index (χ0) is 21.6. The van der Waals surface area contributed by atoms with Gasteiger partial charge < -0.3 is 0 Å². The molecule has 0 fully saturated rings. The van der Waals surface area contributed by atoms with E-state index in [2.05, 4.69) is 52.5 Å². The van der Waals surface area contributed by atoms with Crippen LogP contribution in [-0.2, 0) is 18.4 Å². The largest absolute Gasteiger partial charge is 0.268 e. The molecule has 0 radical (unpaired) electrons. The van der Waals surface area contributed by atoms with Crippen molar-refractivity contribution in [3.8, 4) is 11.3 Å². The Morgan fingerprint density at radius 1 is 1.33 bits per heavy atom. The van der Waals surface area contributed by atoms with Gasteiger partial charge in [-0.15, -0.1) is 5.10 Å². The summed E-state index contributed by atoms with van der Waals surface area (Å²) in [7, 11) is 0. The second-order valence-electron chi connectivity index (χ2n) is 9.13. The van der Waals surface area contributed by atoms with E-state index in [0.29, 0.717) is 16.9 Å². The fraction of sp³-hybridized carbons (Fsp3) is 0.458. The number of hydrogen-bond donors (Lipinski definition) is 0. The molecule has 0 aliphatic heterocycles. The lowest BCUT2D eigenvalue weighted by molar-refractivity contribution is 0.439. The van der Waals surface area contributed by atoms with Crippen molar-refractivity contribution in [1.29, 1.82) is 0 Å². The summed E-state index contributed by atoms with van der Waals surface area (Å²) in [6, 6.07) is 8.35. The van der Waals surface area contributed by atoms with Crippen molar-refractivity contribution in [1.82, 2.24) is 19.2 Å². The van der Waals surface area contributed by atoms with E-state index in [1.54, 1.807) is 16.2 Å². The Labute approximate surface area is 182 Å². The maximum absolute atomic E-state index is 14.0. The van der Waals surface area contributed by atoms with Crippen molar-refractivity contribution in [2.45, 2.75) is 64.6 Å². The zero-order valence-electron chi connectivity index (χ0n) is 18.5. The summed E-state index contributed by atoms with van der Waals surface area (Å²) in [5, 5.41) is 5.50. The fourth-order valence-electron chi connectivity index (χ4n) is 4.25. The van der Waals surface area contributed by atoms with Crippen molar-refractivity contribution in [3.63, 3.8) is 0 Å². The highest BCUT2D eigenvalue weighted by molar-refractivity contribution is 7.99. The van der Waals surface area contributed by atoms with Gasteiger partial charge in [0.15, 0.2) is 5.16 Å². The molecule has 0 N–H and O–H groups in total. The molecule has 2 aromatic heterocycles. The van der Waals surface area contributed by atoms with Crippen LogP contribution >= 0.6 is 11.8 Å². The quantitative estimate of drug-likeness (QED) is 0.409. The lowest BCUT2D eigenvalue weighted by Crippen LogP contribution is -2.38. The highest BCUT2D eigenvalue weighted by Crippen LogP contribution is 2.42. The van der Waals surface area contributed by atoms with Crippen LogP contribution in [0.2, 0.25) is 0 Å². The van der Waals surface area contributed by atoms with Crippen LogP contribution in [0.25, 0.3) is 17.0 Å². The van der Waals surface area contributed by atoms with E-state index >= 15 is 0 Å². The van der Waals surface area contributed by atoms with Gasteiger partial charge in [-0.05, 0) is 31.2 Å². The summed E-state index contributed by atoms with van der Waals surface area (Å²) >= 11 is 1.56. The van der Waals surface area contributed by atoms with E-state index in [4.69, 9.17) is 10.1 Å². The fourth-order valence-corrected chi connectivity index (χ4v) is 5.08. The van der Waals surface area contributed by atoms with Crippen molar-refractivity contribution < 1.29 is 0 Å². The number of benzene rings is 1. The molecule has 3 aromatic rings. The number of fused-ring (bicyclic) bond motifs is 4. The molecule has 0 amide bonds. The Morgan fingerprint density at radius 2 is 2.07 bits per heavy atom. The van der Waals surface area contributed by atoms with Gasteiger partial charge in [0.25, 0.3) is 5.56 Å². The van der Waals surface area contributed by atoms with Gasteiger partial charge in [-0.1, -0.05) is 75.9 Å². The van der Waals surface area contributed by atoms with E-state index in [1.165, 1.54) is 5.56 Å². The molecule has 1 aliphatic rings. The van der Waals surface area contributed by atoms with Gasteiger partial charge in [0.1, 0.15) is 0 Å². The summed E-state index contributed by atoms with van der Waals surface area (Å²) in [4.78, 5) is 19.0. The Morgan fingerprint density at radius 3 is 2.73 bits per heavy atom. The second-order valence-corrected chi connectivity index (χ2v) is 10.1. The van der Waals surface area contributed by atoms with Crippen LogP contribution < -0.4 is 5.56 Å². The van der Waals surface area contributed by atoms with E-state index in [-0.39, 0.29) is 11.0 Å². The third kappa shape index (κ3) is 3.41. The topological polar surface area (TPSA) is 52.2 Å². The maximum Gasteiger partial charge on any atom is 0.265 e. The molecule has 5 nitrogen and oxygen atoms in total. The molecule has 0 saturated heterocycles. The number of thioether (sulfide) groups is 1. The van der Waals surface area contributed by atoms with Crippen LogP contribution in [0.15, 0.2) is 46.4 Å². The van der Waals surface area contributed by atoms with E-state index in [9.17, 15) is 4.79 Å². The van der Waals surface area contributed by atoms with Gasteiger partial charge in [-0.25, -0.2) is 14.1 Å². The zero-order valence-corrected chi connectivity index (χ0v) is 19.3. The summed E-state index contributed by atoms with van der Waals surface area (Å²) in [5.41, 5.74) is 4.82. The van der Waals surface area contributed by atoms with Crippen LogP contribution in [0.1, 0.15) is 52.2 Å². The van der Waals surface area contributed by atoms with Gasteiger partial charge in [0.2, 0.25) is 5.78 Å². The number of rotatable bonds is 6. The second kappa shape index (κ2) is 7.73. The molecule has 0 bridgehead atoms. The molecule has 1 unspecified atom stereocenters. The van der Waals surface area contributed by atoms with Crippen LogP contribution in [0.5, 0.6) is 0 Å². The van der Waals surface area contributed by atoms with E-state index in [0.717, 1.165) is 47.5 Å². The van der Waals surface area contributed by atoms with Gasteiger partial charge in [-0.3, -0.25) is 4.79 Å². The van der Waals surface area contributed by atoms with Gasteiger partial charge in [-0.2, -0.15) is 0 Å². The molecule has 158 valence electrons. The van der Waals surface area contributed by atoms with Crippen LogP contribution in [0.4, 0.5) is 0 Å². The smallest absolute Gasteiger partial charge is 0.265 e. The first-order valence-corrected chi connectivity index (χ1v) is 11.6. The summed E-state index contributed by atoms with van der Waals surface area (Å²) in [6.07, 6.45) is 1.73. The minimum atomic E-state index is -0.245. The predicted molar refractivity (Wildman–Crippen MR) is 124 cm³/mol. The molecule has 4 rings (SSSR count). The summed E-state index contributed by atoms with van der Waals surface area (Å²) in [5.74, 6) is 1.76. The molecule has 1 aromatic carbocycles. The molecule has 0 spiro atoms. The maximum atomic E-state index is 14.0. The molecule has 6 heteroatoms. The SMILES string of the molecule is C=C(C)CSc1nn(CC(C)C)c2nc3c(c(=O)n12)C(C)(CC)Cc1ccccc1-3. The van der Waals surface area contributed by atoms with Crippen LogP contribution in [0.3, 0.4) is 0 Å². The summed E-state index contributed by atoms with van der Waals surface area (Å²) < 4.78 is 3.63. The van der Waals surface area contributed by atoms with Crippen molar-refractivity contribution in [2.75, 3.05) is 5.75 Å². The lowest BCUT2D eigenvalue weighted by Gasteiger charge is -2.35. The predicted octanol–water partition coefficient (Wildman–Crippen LogP) is 5.11. The first-order valence-electron chi connectivity index (χ1n) is 10.6. The molecular weight excluding hydrogens is 392 g/mol. The Hall–Kier alpha value is -2.34. The third-order valence-electron chi connectivity index (χ3n) is 5.92. The highest BCUT2D eigenvalue weighted by atomic mass is 32.2. The molecule has 30 heavy (non-hydrogen) atoms. The molecule has 0 saturated carbocycles. The Bertz CT molecular complexity index is 1190. The third-order valence-corrected chi connectivity index (χ3v) is 7.08. The van der Waals surface area contributed by atoms with E-state index in [1.807, 2.05) is 17.7 Å². The number of hydrogen-bond acceptors (Lipinski definition) is 4. The first-order chi connectivity index (χ1) is 14.2. The summed E-state index contributed by atoms with van der Waals surface area (Å²) in [6.45, 7) is 15.4. The van der Waals surface area contributed by atoms with Crippen molar-refractivity contribution >= 4 is 17.5 Å². The van der Waals surface area contributed by atoms with Gasteiger partial charge in [0.05, 0.1) is 11.3 Å². The first kappa shape index (κ1) is 20.9. The Balaban J connectivity index is 2.06. The molecular formula is C24H30N4OS. The van der Waals surface area contributed by atoms with Gasteiger partial charge in [0, 0.05) is 23.3 Å². The van der Waals surface area contributed by atoms with Crippen molar-refractivity contribution in [2.24, 2.45) is 5.92 Å². The van der Waals surface area contributed by atoms with Crippen LogP contribution in [0, 0.1) is 5.92 Å². The average molecular weight is 423 g/mol. The normalized spacial score (nSPS) is 17.9. The average Bonchev–Trinajstić information content (AvgIpc) is 3.03. The standard InChI is InChI=1S/C24H30N4OS/c1-7-24(6)12-17-10-8-9-11-18(17)20-19(24)21(29)28-22(25-20)27(13-15(2)3)26-23(28)30-14-16(4)5/h8-11,15H,4,7,12-14H2,1-3,5-6H3. The minimum Gasteiger partial charge on any atom is -0.268 e. The van der Waals surface area contributed by atoms with Crippen LogP contribution in [-0.4, -0.2) is 24.9 Å². The molecule has 2 heterocycles. The number of aromatic nitrogens is 4. The van der Waals surface area contributed by atoms with Gasteiger partial charge >= 0.3 is 0 Å². The van der Waals surface area contributed by atoms with E-state index < -0.39 is 0 Å². The molecule has 1 atom stereocenters. The number of nitrogens with zero attached hydrogens (tertiary/aromatic N) is 4. The van der Waals surface area contributed by atoms with Crippen molar-refractivity contribution in [3.05, 3.63) is 57.9 Å². The highest BCUT2D eigenvalue weighted by Gasteiger charge is 2.38.